The Labute approximate surface area is 211 Å². The lowest BCUT2D eigenvalue weighted by molar-refractivity contribution is -0.143. The van der Waals surface area contributed by atoms with Crippen LogP contribution in [0.5, 0.6) is 5.75 Å². The summed E-state index contributed by atoms with van der Waals surface area (Å²) in [7, 11) is 3.06. The molecule has 4 rings (SSSR count). The standard InChI is InChI=1S/C28H34N2O6/c1-35-16-15-30-25(32)19-28(27(30)34,22-9-6-10-23(17-22)36-2)18-24(31)29-13-11-21(12-14-29)26(33)20-7-4-3-5-8-20/h3-10,17,21,26,33H,11-16,18-19H2,1-2H3/t26-,28-/m1/s1. The molecule has 0 saturated carbocycles. The van der Waals surface area contributed by atoms with E-state index < -0.39 is 11.5 Å². The third-order valence-electron chi connectivity index (χ3n) is 7.48. The molecule has 0 aromatic heterocycles. The molecule has 2 aromatic rings. The maximum atomic E-state index is 13.7. The number of hydrogen-bond acceptors (Lipinski definition) is 6. The monoisotopic (exact) mass is 494 g/mol. The van der Waals surface area contributed by atoms with Crippen molar-refractivity contribution >= 4 is 17.7 Å². The van der Waals surface area contributed by atoms with Crippen molar-refractivity contribution in [3.8, 4) is 5.75 Å². The highest BCUT2D eigenvalue weighted by Gasteiger charge is 2.54. The number of imide groups is 1. The van der Waals surface area contributed by atoms with E-state index in [1.54, 1.807) is 29.2 Å². The van der Waals surface area contributed by atoms with Gasteiger partial charge in [-0.3, -0.25) is 19.3 Å². The minimum Gasteiger partial charge on any atom is -0.497 e. The number of aliphatic hydroxyl groups excluding tert-OH is 1. The zero-order valence-electron chi connectivity index (χ0n) is 20.9. The first kappa shape index (κ1) is 25.9. The predicted molar refractivity (Wildman–Crippen MR) is 133 cm³/mol. The summed E-state index contributed by atoms with van der Waals surface area (Å²) in [4.78, 5) is 43.1. The molecular weight excluding hydrogens is 460 g/mol. The highest BCUT2D eigenvalue weighted by atomic mass is 16.5. The number of hydrogen-bond donors (Lipinski definition) is 1. The van der Waals surface area contributed by atoms with E-state index in [0.29, 0.717) is 37.2 Å². The van der Waals surface area contributed by atoms with Gasteiger partial charge in [0, 0.05) is 33.0 Å². The number of aliphatic hydroxyl groups is 1. The molecule has 36 heavy (non-hydrogen) atoms. The maximum absolute atomic E-state index is 13.7. The second-order valence-corrected chi connectivity index (χ2v) is 9.58. The first-order valence-corrected chi connectivity index (χ1v) is 12.4. The summed E-state index contributed by atoms with van der Waals surface area (Å²) < 4.78 is 10.4. The van der Waals surface area contributed by atoms with E-state index in [1.165, 1.54) is 19.1 Å². The molecule has 2 aromatic carbocycles. The fourth-order valence-corrected chi connectivity index (χ4v) is 5.35. The van der Waals surface area contributed by atoms with Crippen LogP contribution in [0.4, 0.5) is 0 Å². The second kappa shape index (κ2) is 11.2. The fraction of sp³-hybridized carbons (Fsp3) is 0.464. The summed E-state index contributed by atoms with van der Waals surface area (Å²) in [6.45, 7) is 1.38. The number of benzene rings is 2. The molecule has 2 atom stereocenters. The summed E-state index contributed by atoms with van der Waals surface area (Å²) in [6.07, 6.45) is 0.592. The van der Waals surface area contributed by atoms with Crippen molar-refractivity contribution in [1.29, 1.82) is 0 Å². The van der Waals surface area contributed by atoms with Gasteiger partial charge in [-0.15, -0.1) is 0 Å². The van der Waals surface area contributed by atoms with E-state index >= 15 is 0 Å². The summed E-state index contributed by atoms with van der Waals surface area (Å²) in [5.74, 6) is -0.230. The molecule has 192 valence electrons. The summed E-state index contributed by atoms with van der Waals surface area (Å²) >= 11 is 0. The van der Waals surface area contributed by atoms with Gasteiger partial charge in [0.15, 0.2) is 0 Å². The van der Waals surface area contributed by atoms with Crippen molar-refractivity contribution in [2.45, 2.75) is 37.2 Å². The van der Waals surface area contributed by atoms with Gasteiger partial charge in [-0.25, -0.2) is 0 Å². The number of amides is 3. The number of rotatable bonds is 9. The normalized spacial score (nSPS) is 21.6. The maximum Gasteiger partial charge on any atom is 0.240 e. The van der Waals surface area contributed by atoms with E-state index in [9.17, 15) is 19.5 Å². The zero-order valence-corrected chi connectivity index (χ0v) is 20.9. The van der Waals surface area contributed by atoms with Crippen LogP contribution in [0.3, 0.4) is 0 Å². The Morgan fingerprint density at radius 2 is 1.81 bits per heavy atom. The quantitative estimate of drug-likeness (QED) is 0.539. The smallest absolute Gasteiger partial charge is 0.240 e. The van der Waals surface area contributed by atoms with Crippen LogP contribution < -0.4 is 4.74 Å². The molecule has 0 unspecified atom stereocenters. The van der Waals surface area contributed by atoms with Crippen LogP contribution in [0.15, 0.2) is 54.6 Å². The van der Waals surface area contributed by atoms with E-state index in [4.69, 9.17) is 9.47 Å². The van der Waals surface area contributed by atoms with Crippen LogP contribution in [0.2, 0.25) is 0 Å². The molecule has 0 bridgehead atoms. The molecule has 0 radical (unpaired) electrons. The average Bonchev–Trinajstić information content (AvgIpc) is 3.16. The van der Waals surface area contributed by atoms with Crippen molar-refractivity contribution in [2.24, 2.45) is 5.92 Å². The van der Waals surface area contributed by atoms with Gasteiger partial charge in [0.05, 0.1) is 31.8 Å². The lowest BCUT2D eigenvalue weighted by Gasteiger charge is -2.36. The molecule has 2 aliphatic heterocycles. The van der Waals surface area contributed by atoms with Crippen molar-refractivity contribution in [3.05, 3.63) is 65.7 Å². The van der Waals surface area contributed by atoms with Gasteiger partial charge >= 0.3 is 0 Å². The minimum absolute atomic E-state index is 0.0584. The number of methoxy groups -OCH3 is 2. The number of piperidine rings is 1. The Hall–Kier alpha value is -3.23. The van der Waals surface area contributed by atoms with Gasteiger partial charge < -0.3 is 19.5 Å². The van der Waals surface area contributed by atoms with Crippen molar-refractivity contribution in [3.63, 3.8) is 0 Å². The highest BCUT2D eigenvalue weighted by Crippen LogP contribution is 2.42. The minimum atomic E-state index is -1.28. The molecule has 8 heteroatoms. The van der Waals surface area contributed by atoms with Gasteiger partial charge in [-0.05, 0) is 42.0 Å². The zero-order chi connectivity index (χ0) is 25.7. The van der Waals surface area contributed by atoms with E-state index in [2.05, 4.69) is 0 Å². The van der Waals surface area contributed by atoms with E-state index in [-0.39, 0.29) is 49.6 Å². The first-order valence-electron chi connectivity index (χ1n) is 12.4. The summed E-state index contributed by atoms with van der Waals surface area (Å²) in [5, 5.41) is 10.8. The largest absolute Gasteiger partial charge is 0.497 e. The molecule has 2 fully saturated rings. The molecule has 1 N–H and O–H groups in total. The van der Waals surface area contributed by atoms with Crippen LogP contribution >= 0.6 is 0 Å². The number of carbonyl (C=O) groups is 3. The van der Waals surface area contributed by atoms with Gasteiger partial charge in [0.25, 0.3) is 0 Å². The third kappa shape index (κ3) is 5.15. The van der Waals surface area contributed by atoms with Crippen LogP contribution in [0, 0.1) is 5.92 Å². The summed E-state index contributed by atoms with van der Waals surface area (Å²) in [6, 6.07) is 16.6. The topological polar surface area (TPSA) is 96.4 Å². The fourth-order valence-electron chi connectivity index (χ4n) is 5.35. The molecule has 3 amide bonds. The Kier molecular flexibility index (Phi) is 8.06. The first-order chi connectivity index (χ1) is 17.4. The lowest BCUT2D eigenvalue weighted by Crippen LogP contribution is -2.46. The molecule has 2 aliphatic rings. The second-order valence-electron chi connectivity index (χ2n) is 9.58. The van der Waals surface area contributed by atoms with Gasteiger partial charge in [0.2, 0.25) is 17.7 Å². The number of likely N-dealkylation sites (tertiary alicyclic amines) is 2. The van der Waals surface area contributed by atoms with E-state index in [0.717, 1.165) is 5.56 Å². The Morgan fingerprint density at radius 3 is 2.47 bits per heavy atom. The highest BCUT2D eigenvalue weighted by molar-refractivity contribution is 6.10. The van der Waals surface area contributed by atoms with Gasteiger partial charge in [-0.1, -0.05) is 42.5 Å². The third-order valence-corrected chi connectivity index (χ3v) is 7.48. The molecular formula is C28H34N2O6. The number of carbonyl (C=O) groups excluding carboxylic acids is 3. The number of nitrogens with zero attached hydrogens (tertiary/aromatic N) is 2. The molecule has 0 aliphatic carbocycles. The van der Waals surface area contributed by atoms with Crippen LogP contribution in [-0.4, -0.2) is 73.1 Å². The molecule has 8 nitrogen and oxygen atoms in total. The Bertz CT molecular complexity index is 1080. The SMILES string of the molecule is COCCN1C(=O)C[C@](CC(=O)N2CCC([C@H](O)c3ccccc3)CC2)(c2cccc(OC)c2)C1=O. The molecule has 2 saturated heterocycles. The lowest BCUT2D eigenvalue weighted by atomic mass is 9.75. The number of ether oxygens (including phenoxy) is 2. The van der Waals surface area contributed by atoms with Crippen LogP contribution in [0.25, 0.3) is 0 Å². The Balaban J connectivity index is 1.51. The Morgan fingerprint density at radius 1 is 1.08 bits per heavy atom. The van der Waals surface area contributed by atoms with Crippen LogP contribution in [0.1, 0.15) is 42.9 Å². The summed E-state index contributed by atoms with van der Waals surface area (Å²) in [5.41, 5.74) is 0.199. The predicted octanol–water partition coefficient (Wildman–Crippen LogP) is 2.70. The van der Waals surface area contributed by atoms with Crippen molar-refractivity contribution in [2.75, 3.05) is 40.5 Å². The van der Waals surface area contributed by atoms with Crippen molar-refractivity contribution < 1.29 is 29.0 Å². The molecule has 2 heterocycles. The average molecular weight is 495 g/mol. The van der Waals surface area contributed by atoms with Gasteiger partial charge in [-0.2, -0.15) is 0 Å². The van der Waals surface area contributed by atoms with E-state index in [1.807, 2.05) is 30.3 Å². The van der Waals surface area contributed by atoms with Crippen molar-refractivity contribution in [1.82, 2.24) is 9.80 Å². The molecule has 0 spiro atoms. The van der Waals surface area contributed by atoms with Gasteiger partial charge in [0.1, 0.15) is 5.75 Å². The van der Waals surface area contributed by atoms with Crippen LogP contribution in [-0.2, 0) is 24.5 Å².